The van der Waals surface area contributed by atoms with Gasteiger partial charge in [0.25, 0.3) is 5.91 Å². The second kappa shape index (κ2) is 9.76. The maximum absolute atomic E-state index is 12.3. The number of likely N-dealkylation sites (N-methyl/N-ethyl adjacent to an activating group) is 1. The summed E-state index contributed by atoms with van der Waals surface area (Å²) in [5.74, 6) is 0.619. The largest absolute Gasteiger partial charge is 0.492 e. The Kier molecular flexibility index (Phi) is 7.41. The van der Waals surface area contributed by atoms with E-state index in [0.29, 0.717) is 18.7 Å². The summed E-state index contributed by atoms with van der Waals surface area (Å²) in [5, 5.41) is 2.86. The average molecular weight is 368 g/mol. The van der Waals surface area contributed by atoms with Crippen LogP contribution in [-0.4, -0.2) is 43.0 Å². The van der Waals surface area contributed by atoms with E-state index in [1.165, 1.54) is 0 Å². The van der Waals surface area contributed by atoms with E-state index in [0.717, 1.165) is 16.9 Å². The molecule has 0 radical (unpaired) electrons. The van der Waals surface area contributed by atoms with Crippen LogP contribution in [0.4, 0.5) is 0 Å². The van der Waals surface area contributed by atoms with Gasteiger partial charge in [0.05, 0.1) is 6.54 Å². The summed E-state index contributed by atoms with van der Waals surface area (Å²) in [6.45, 7) is 6.81. The molecule has 0 bridgehead atoms. The van der Waals surface area contributed by atoms with Crippen molar-refractivity contribution in [1.82, 2.24) is 10.2 Å². The average Bonchev–Trinajstić information content (AvgIpc) is 2.61. The maximum Gasteiger partial charge on any atom is 0.251 e. The molecule has 144 valence electrons. The minimum absolute atomic E-state index is 0.0279. The van der Waals surface area contributed by atoms with Crippen LogP contribution in [0.25, 0.3) is 0 Å². The van der Waals surface area contributed by atoms with E-state index in [1.54, 1.807) is 24.1 Å². The molecule has 27 heavy (non-hydrogen) atoms. The molecule has 1 unspecified atom stereocenters. The number of amides is 2. The van der Waals surface area contributed by atoms with Gasteiger partial charge in [0.1, 0.15) is 12.4 Å². The van der Waals surface area contributed by atoms with Gasteiger partial charge in [-0.15, -0.1) is 0 Å². The normalized spacial score (nSPS) is 11.6. The Balaban J connectivity index is 1.75. The van der Waals surface area contributed by atoms with Crippen LogP contribution in [-0.2, 0) is 4.79 Å². The Labute approximate surface area is 161 Å². The first-order chi connectivity index (χ1) is 12.8. The van der Waals surface area contributed by atoms with Crippen molar-refractivity contribution in [1.29, 1.82) is 0 Å². The molecule has 1 atom stereocenters. The van der Waals surface area contributed by atoms with E-state index >= 15 is 0 Å². The van der Waals surface area contributed by atoms with Crippen LogP contribution >= 0.6 is 0 Å². The molecular weight excluding hydrogens is 340 g/mol. The van der Waals surface area contributed by atoms with Crippen LogP contribution in [0.3, 0.4) is 0 Å². The highest BCUT2D eigenvalue weighted by Gasteiger charge is 2.16. The van der Waals surface area contributed by atoms with Gasteiger partial charge in [0.2, 0.25) is 5.91 Å². The molecular formula is C22H28N2O3. The number of aryl methyl sites for hydroxylation is 2. The first kappa shape index (κ1) is 20.5. The quantitative estimate of drug-likeness (QED) is 0.777. The Morgan fingerprint density at radius 2 is 1.70 bits per heavy atom. The molecule has 0 aromatic heterocycles. The number of carbonyl (C=O) groups excluding carboxylic acids is 2. The Hall–Kier alpha value is -2.82. The Morgan fingerprint density at radius 1 is 1.07 bits per heavy atom. The summed E-state index contributed by atoms with van der Waals surface area (Å²) in [6.07, 6.45) is 0.249. The summed E-state index contributed by atoms with van der Waals surface area (Å²) in [5.41, 5.74) is 2.89. The first-order valence-electron chi connectivity index (χ1n) is 9.16. The van der Waals surface area contributed by atoms with Gasteiger partial charge >= 0.3 is 0 Å². The van der Waals surface area contributed by atoms with Crippen LogP contribution in [0.5, 0.6) is 5.75 Å². The summed E-state index contributed by atoms with van der Waals surface area (Å²) in [6, 6.07) is 14.8. The van der Waals surface area contributed by atoms with Crippen LogP contribution < -0.4 is 10.1 Å². The van der Waals surface area contributed by atoms with Gasteiger partial charge in [-0.25, -0.2) is 0 Å². The van der Waals surface area contributed by atoms with Crippen LogP contribution in [0.15, 0.2) is 48.5 Å². The van der Waals surface area contributed by atoms with Crippen molar-refractivity contribution in [2.45, 2.75) is 33.2 Å². The van der Waals surface area contributed by atoms with Crippen molar-refractivity contribution in [3.05, 3.63) is 65.2 Å². The predicted octanol–water partition coefficient (Wildman–Crippen LogP) is 3.35. The highest BCUT2D eigenvalue weighted by molar-refractivity contribution is 5.94. The minimum Gasteiger partial charge on any atom is -0.492 e. The molecule has 2 aromatic rings. The topological polar surface area (TPSA) is 58.6 Å². The third kappa shape index (κ3) is 6.77. The SMILES string of the molecule is Cc1cc(C)cc(OCCN(C)C(=O)CC(C)NC(=O)c2ccccc2)c1. The van der Waals surface area contributed by atoms with Gasteiger partial charge in [0, 0.05) is 25.1 Å². The third-order valence-electron chi connectivity index (χ3n) is 4.21. The van der Waals surface area contributed by atoms with Crippen molar-refractivity contribution < 1.29 is 14.3 Å². The lowest BCUT2D eigenvalue weighted by Gasteiger charge is -2.20. The van der Waals surface area contributed by atoms with Crippen molar-refractivity contribution in [2.75, 3.05) is 20.2 Å². The minimum atomic E-state index is -0.243. The number of hydrogen-bond acceptors (Lipinski definition) is 3. The lowest BCUT2D eigenvalue weighted by atomic mass is 10.1. The second-order valence-electron chi connectivity index (χ2n) is 6.93. The highest BCUT2D eigenvalue weighted by atomic mass is 16.5. The first-order valence-corrected chi connectivity index (χ1v) is 9.16. The van der Waals surface area contributed by atoms with Gasteiger partial charge in [-0.2, -0.15) is 0 Å². The molecule has 1 N–H and O–H groups in total. The summed E-state index contributed by atoms with van der Waals surface area (Å²) in [7, 11) is 1.75. The van der Waals surface area contributed by atoms with E-state index in [1.807, 2.05) is 51.1 Å². The molecule has 2 rings (SSSR count). The molecule has 0 saturated carbocycles. The zero-order chi connectivity index (χ0) is 19.8. The maximum atomic E-state index is 12.3. The van der Waals surface area contributed by atoms with Crippen molar-refractivity contribution in [3.8, 4) is 5.75 Å². The molecule has 0 heterocycles. The zero-order valence-electron chi connectivity index (χ0n) is 16.5. The molecule has 5 nitrogen and oxygen atoms in total. The van der Waals surface area contributed by atoms with Gasteiger partial charge in [-0.05, 0) is 56.2 Å². The smallest absolute Gasteiger partial charge is 0.251 e. The molecule has 0 aliphatic heterocycles. The highest BCUT2D eigenvalue weighted by Crippen LogP contribution is 2.16. The zero-order valence-corrected chi connectivity index (χ0v) is 16.5. The Morgan fingerprint density at radius 3 is 2.33 bits per heavy atom. The van der Waals surface area contributed by atoms with Gasteiger partial charge in [-0.1, -0.05) is 24.3 Å². The van der Waals surface area contributed by atoms with Gasteiger partial charge in [-0.3, -0.25) is 9.59 Å². The van der Waals surface area contributed by atoms with Crippen molar-refractivity contribution >= 4 is 11.8 Å². The summed E-state index contributed by atoms with van der Waals surface area (Å²) < 4.78 is 5.75. The van der Waals surface area contributed by atoms with E-state index in [9.17, 15) is 9.59 Å². The number of hydrogen-bond donors (Lipinski definition) is 1. The van der Waals surface area contributed by atoms with Crippen LogP contribution in [0.1, 0.15) is 34.8 Å². The molecule has 2 aromatic carbocycles. The third-order valence-corrected chi connectivity index (χ3v) is 4.21. The molecule has 2 amide bonds. The fourth-order valence-electron chi connectivity index (χ4n) is 2.81. The van der Waals surface area contributed by atoms with Crippen LogP contribution in [0.2, 0.25) is 0 Å². The fourth-order valence-corrected chi connectivity index (χ4v) is 2.81. The number of benzene rings is 2. The molecule has 0 fully saturated rings. The lowest BCUT2D eigenvalue weighted by molar-refractivity contribution is -0.130. The number of ether oxygens (including phenoxy) is 1. The molecule has 0 saturated heterocycles. The summed E-state index contributed by atoms with van der Waals surface area (Å²) >= 11 is 0. The van der Waals surface area contributed by atoms with E-state index in [4.69, 9.17) is 4.74 Å². The predicted molar refractivity (Wildman–Crippen MR) is 107 cm³/mol. The van der Waals surface area contributed by atoms with Crippen molar-refractivity contribution in [2.24, 2.45) is 0 Å². The van der Waals surface area contributed by atoms with Gasteiger partial charge in [0.15, 0.2) is 0 Å². The van der Waals surface area contributed by atoms with Crippen molar-refractivity contribution in [3.63, 3.8) is 0 Å². The number of nitrogens with one attached hydrogen (secondary N) is 1. The molecule has 0 aliphatic rings. The monoisotopic (exact) mass is 368 g/mol. The van der Waals surface area contributed by atoms with Gasteiger partial charge < -0.3 is 15.0 Å². The van der Waals surface area contributed by atoms with Crippen LogP contribution in [0, 0.1) is 13.8 Å². The molecule has 5 heteroatoms. The Bertz CT molecular complexity index is 754. The summed E-state index contributed by atoms with van der Waals surface area (Å²) in [4.78, 5) is 26.1. The van der Waals surface area contributed by atoms with E-state index in [-0.39, 0.29) is 24.3 Å². The fraction of sp³-hybridized carbons (Fsp3) is 0.364. The standard InChI is InChI=1S/C22H28N2O3/c1-16-12-17(2)14-20(13-16)27-11-10-24(4)21(25)15-18(3)23-22(26)19-8-6-5-7-9-19/h5-9,12-14,18H,10-11,15H2,1-4H3,(H,23,26). The lowest BCUT2D eigenvalue weighted by Crippen LogP contribution is -2.39. The number of nitrogens with zero attached hydrogens (tertiary/aromatic N) is 1. The van der Waals surface area contributed by atoms with E-state index < -0.39 is 0 Å². The van der Waals surface area contributed by atoms with E-state index in [2.05, 4.69) is 11.4 Å². The molecule has 0 aliphatic carbocycles. The second-order valence-corrected chi connectivity index (χ2v) is 6.93. The molecule has 0 spiro atoms. The number of carbonyl (C=O) groups is 2. The number of rotatable bonds is 8.